The van der Waals surface area contributed by atoms with Crippen LogP contribution in [0.25, 0.3) is 0 Å². The fraction of sp³-hybridized carbons (Fsp3) is 1.00. The van der Waals surface area contributed by atoms with Crippen LogP contribution in [0.1, 0.15) is 7.43 Å². The molecule has 0 heterocycles. The first kappa shape index (κ1) is 63.6. The molecule has 0 atom stereocenters. The van der Waals surface area contributed by atoms with Crippen LogP contribution in [-0.4, -0.2) is 28.3 Å². The molecule has 0 bridgehead atoms. The van der Waals surface area contributed by atoms with Crippen molar-refractivity contribution in [2.24, 2.45) is 0 Å². The summed E-state index contributed by atoms with van der Waals surface area (Å²) >= 11 is 0. The summed E-state index contributed by atoms with van der Waals surface area (Å²) in [7, 11) is 0. The number of hydrogen-bond acceptors (Lipinski definition) is 0. The average Bonchev–Trinajstić information content (AvgIpc) is 0. The Morgan fingerprint density at radius 2 is 1.00 bits per heavy atom. The average molecular weight is 182 g/mol. The molecule has 0 spiro atoms. The first-order valence-electron chi connectivity index (χ1n) is 0. The molecule has 0 saturated carbocycles. The first-order chi connectivity index (χ1) is 0. The van der Waals surface area contributed by atoms with Gasteiger partial charge in [-0.25, -0.2) is 0 Å². The third kappa shape index (κ3) is 24.1. The minimum absolute atomic E-state index is 0. The molecule has 0 aromatic heterocycles. The van der Waals surface area contributed by atoms with Crippen molar-refractivity contribution in [2.45, 2.75) is 7.43 Å². The summed E-state index contributed by atoms with van der Waals surface area (Å²) in [4.78, 5) is 0. The van der Waals surface area contributed by atoms with Crippen molar-refractivity contribution in [1.29, 1.82) is 0 Å². The summed E-state index contributed by atoms with van der Waals surface area (Å²) in [6.45, 7) is 0. The summed E-state index contributed by atoms with van der Waals surface area (Å²) in [5.41, 5.74) is 0. The smallest absolute Gasteiger partial charge is 0.0776 e. The van der Waals surface area contributed by atoms with Gasteiger partial charge in [-0.15, -0.1) is 0 Å². The molecule has 0 aromatic rings. The fourth-order valence-electron chi connectivity index (χ4n) is 0. The Hall–Kier alpha value is 1.98. The molecule has 5 heavy (non-hydrogen) atoms. The van der Waals surface area contributed by atoms with Crippen LogP contribution in [0.3, 0.4) is 0 Å². The zero-order valence-corrected chi connectivity index (χ0v) is 3.52. The van der Waals surface area contributed by atoms with Gasteiger partial charge in [0.2, 0.25) is 0 Å². The number of rotatable bonds is 0. The molecule has 0 nitrogen and oxygen atoms in total. The third-order valence-corrected chi connectivity index (χ3v) is 0. The van der Waals surface area contributed by atoms with Crippen molar-refractivity contribution in [2.75, 3.05) is 0 Å². The summed E-state index contributed by atoms with van der Waals surface area (Å²) in [5.74, 6) is 0. The Bertz CT molecular complexity index is 11.6. The van der Waals surface area contributed by atoms with E-state index in [1.807, 2.05) is 0 Å². The van der Waals surface area contributed by atoms with Crippen LogP contribution in [0.4, 0.5) is 0 Å². The molecule has 0 N–H and O–H groups in total. The summed E-state index contributed by atoms with van der Waals surface area (Å²) in [6.07, 6.45) is 0. The van der Waals surface area contributed by atoms with Crippen molar-refractivity contribution >= 4 is 28.3 Å². The van der Waals surface area contributed by atoms with E-state index < -0.39 is 0 Å². The Morgan fingerprint density at radius 1 is 1.00 bits per heavy atom. The second kappa shape index (κ2) is 37.8. The van der Waals surface area contributed by atoms with Crippen molar-refractivity contribution in [3.63, 3.8) is 0 Å². The summed E-state index contributed by atoms with van der Waals surface area (Å²) in [6, 6.07) is 0. The molecule has 0 fully saturated rings. The van der Waals surface area contributed by atoms with E-state index in [0.29, 0.717) is 0 Å². The van der Waals surface area contributed by atoms with Crippen LogP contribution in [0.15, 0.2) is 0 Å². The van der Waals surface area contributed by atoms with Gasteiger partial charge in [-0.3, -0.25) is 0 Å². The molecule has 0 rings (SSSR count). The van der Waals surface area contributed by atoms with Gasteiger partial charge in [-0.1, -0.05) is 7.43 Å². The van der Waals surface area contributed by atoms with Gasteiger partial charge >= 0.3 is 0 Å². The molecule has 0 amide bonds. The molecule has 0 aliphatic carbocycles. The summed E-state index contributed by atoms with van der Waals surface area (Å²) < 4.78 is 0. The maximum absolute atomic E-state index is 0. The molecular formula is CH11AlFeSiTi. The monoisotopic (exact) mass is 182 g/mol. The predicted molar refractivity (Wildman–Crippen MR) is 28.0 cm³/mol. The van der Waals surface area contributed by atoms with E-state index in [1.165, 1.54) is 0 Å². The largest absolute Gasteiger partial charge is 0.187 e. The molecule has 0 saturated heterocycles. The van der Waals surface area contributed by atoms with Crippen LogP contribution < -0.4 is 0 Å². The minimum Gasteiger partial charge on any atom is -0.0776 e. The maximum Gasteiger partial charge on any atom is 0.187 e. The minimum atomic E-state index is 0. The van der Waals surface area contributed by atoms with Gasteiger partial charge < -0.3 is 0 Å². The molecule has 0 aromatic carbocycles. The molecule has 0 radical (unpaired) electrons. The quantitative estimate of drug-likeness (QED) is 0.380. The second-order valence-electron chi connectivity index (χ2n) is 0. The van der Waals surface area contributed by atoms with Crippen molar-refractivity contribution in [3.8, 4) is 0 Å². The van der Waals surface area contributed by atoms with E-state index in [4.69, 9.17) is 0 Å². The maximum atomic E-state index is 0. The predicted octanol–water partition coefficient (Wildman–Crippen LogP) is -2.00. The molecule has 34 valence electrons. The third-order valence-electron chi connectivity index (χ3n) is 0. The topological polar surface area (TPSA) is 0 Å². The molecular weight excluding hydrogens is 171 g/mol. The van der Waals surface area contributed by atoms with E-state index >= 15 is 0 Å². The SMILES string of the molecule is C.[AlH3].[Fe].[SiH4].[Ti]. The Labute approximate surface area is 74.0 Å². The zero-order chi connectivity index (χ0) is 0. The van der Waals surface area contributed by atoms with Gasteiger partial charge in [-0.2, -0.15) is 0 Å². The van der Waals surface area contributed by atoms with Gasteiger partial charge in [0.15, 0.2) is 17.4 Å². The molecule has 0 aliphatic heterocycles. The number of hydrogen-bond donors (Lipinski definition) is 0. The Morgan fingerprint density at radius 3 is 1.00 bits per heavy atom. The van der Waals surface area contributed by atoms with Crippen LogP contribution in [0.5, 0.6) is 0 Å². The van der Waals surface area contributed by atoms with E-state index in [0.717, 1.165) is 0 Å². The van der Waals surface area contributed by atoms with Crippen LogP contribution >= 0.6 is 0 Å². The van der Waals surface area contributed by atoms with E-state index in [2.05, 4.69) is 0 Å². The van der Waals surface area contributed by atoms with E-state index in [9.17, 15) is 0 Å². The first-order valence-corrected chi connectivity index (χ1v) is 0. The fourth-order valence-corrected chi connectivity index (χ4v) is 0. The standard InChI is InChI=1S/CH4.Al.Fe.H4Si.Ti.3H/h1H4;;;1H4;;;;. The Balaban J connectivity index is 0. The van der Waals surface area contributed by atoms with Gasteiger partial charge in [0.05, 0.1) is 0 Å². The Kier molecular flexibility index (Phi) is 480. The van der Waals surface area contributed by atoms with Crippen molar-refractivity contribution in [3.05, 3.63) is 0 Å². The molecule has 0 aliphatic rings. The van der Waals surface area contributed by atoms with Gasteiger partial charge in [-0.05, 0) is 11.0 Å². The van der Waals surface area contributed by atoms with E-state index in [-0.39, 0.29) is 74.5 Å². The summed E-state index contributed by atoms with van der Waals surface area (Å²) in [5, 5.41) is 0. The zero-order valence-electron chi connectivity index (χ0n) is 0.854. The molecule has 0 unspecified atom stereocenters. The molecule has 4 heteroatoms. The van der Waals surface area contributed by atoms with E-state index in [1.54, 1.807) is 0 Å². The van der Waals surface area contributed by atoms with Crippen LogP contribution in [0, 0.1) is 0 Å². The van der Waals surface area contributed by atoms with Crippen molar-refractivity contribution in [1.82, 2.24) is 0 Å². The normalized spacial score (nSPS) is 0. The van der Waals surface area contributed by atoms with Crippen molar-refractivity contribution < 1.29 is 38.8 Å². The second-order valence-corrected chi connectivity index (χ2v) is 0. The van der Waals surface area contributed by atoms with Gasteiger partial charge in [0, 0.05) is 38.8 Å². The van der Waals surface area contributed by atoms with Gasteiger partial charge in [0.25, 0.3) is 0 Å². The van der Waals surface area contributed by atoms with Crippen LogP contribution in [0.2, 0.25) is 0 Å². The van der Waals surface area contributed by atoms with Crippen LogP contribution in [-0.2, 0) is 38.8 Å². The van der Waals surface area contributed by atoms with Gasteiger partial charge in [0.1, 0.15) is 0 Å².